The number of rotatable bonds is 5. The van der Waals surface area contributed by atoms with Crippen LogP contribution in [0.15, 0.2) is 66.4 Å². The normalized spacial score (nSPS) is 15.7. The van der Waals surface area contributed by atoms with E-state index in [-0.39, 0.29) is 5.57 Å². The van der Waals surface area contributed by atoms with Crippen molar-refractivity contribution in [1.29, 1.82) is 0 Å². The van der Waals surface area contributed by atoms with Gasteiger partial charge in [0.25, 0.3) is 5.79 Å². The fourth-order valence-corrected chi connectivity index (χ4v) is 2.42. The lowest BCUT2D eigenvalue weighted by molar-refractivity contribution is -0.222. The van der Waals surface area contributed by atoms with Crippen LogP contribution in [0, 0.1) is 0 Å². The van der Waals surface area contributed by atoms with Gasteiger partial charge >= 0.3 is 11.9 Å². The smallest absolute Gasteiger partial charge is 0.350 e. The maximum atomic E-state index is 11.9. The van der Waals surface area contributed by atoms with Gasteiger partial charge in [-0.2, -0.15) is 0 Å². The van der Waals surface area contributed by atoms with Gasteiger partial charge in [0.05, 0.1) is 0 Å². The highest BCUT2D eigenvalue weighted by Crippen LogP contribution is 2.23. The van der Waals surface area contributed by atoms with Crippen molar-refractivity contribution in [1.82, 2.24) is 0 Å². The average molecular weight is 352 g/mol. The lowest BCUT2D eigenvalue weighted by Crippen LogP contribution is -2.42. The van der Waals surface area contributed by atoms with E-state index in [1.165, 1.54) is 25.6 Å². The van der Waals surface area contributed by atoms with Crippen molar-refractivity contribution < 1.29 is 19.1 Å². The molecule has 6 nitrogen and oxygen atoms in total. The van der Waals surface area contributed by atoms with Crippen molar-refractivity contribution in [2.45, 2.75) is 26.2 Å². The molecule has 2 aromatic carbocycles. The number of carbonyl (C=O) groups is 2. The van der Waals surface area contributed by atoms with E-state index >= 15 is 0 Å². The minimum Gasteiger partial charge on any atom is -0.419 e. The van der Waals surface area contributed by atoms with E-state index in [4.69, 9.17) is 9.47 Å². The van der Waals surface area contributed by atoms with Gasteiger partial charge in [-0.05, 0) is 29.8 Å². The molecule has 0 bridgehead atoms. The minimum atomic E-state index is -1.24. The van der Waals surface area contributed by atoms with Gasteiger partial charge in [0, 0.05) is 38.0 Å². The molecule has 6 heteroatoms. The van der Waals surface area contributed by atoms with Gasteiger partial charge in [0.1, 0.15) is 0 Å². The highest BCUT2D eigenvalue weighted by Gasteiger charge is 2.38. The number of benzene rings is 2. The molecular weight excluding hydrogens is 332 g/mol. The van der Waals surface area contributed by atoms with Gasteiger partial charge in [0.15, 0.2) is 5.57 Å². The molecule has 1 aliphatic heterocycles. The summed E-state index contributed by atoms with van der Waals surface area (Å²) in [7, 11) is 0. The van der Waals surface area contributed by atoms with Crippen molar-refractivity contribution in [3.05, 3.63) is 71.9 Å². The first-order chi connectivity index (χ1) is 12.4. The van der Waals surface area contributed by atoms with E-state index in [1.807, 2.05) is 42.5 Å². The van der Waals surface area contributed by atoms with Crippen LogP contribution in [-0.2, 0) is 25.6 Å². The molecule has 0 aliphatic carbocycles. The summed E-state index contributed by atoms with van der Waals surface area (Å²) in [6.45, 7) is 3.74. The van der Waals surface area contributed by atoms with Crippen LogP contribution in [0.25, 0.3) is 0 Å². The van der Waals surface area contributed by atoms with E-state index in [0.29, 0.717) is 0 Å². The van der Waals surface area contributed by atoms with Crippen LogP contribution in [0.1, 0.15) is 19.4 Å². The molecule has 1 fully saturated rings. The SMILES string of the molecule is CC1(C)OC(=O)C(=CNc2ccc(NCc3ccccc3)cc2)C(=O)O1. The van der Waals surface area contributed by atoms with Crippen LogP contribution in [0.4, 0.5) is 11.4 Å². The van der Waals surface area contributed by atoms with Crippen molar-refractivity contribution in [2.75, 3.05) is 10.6 Å². The molecule has 0 aromatic heterocycles. The first-order valence-corrected chi connectivity index (χ1v) is 8.24. The molecular formula is C20H20N2O4. The van der Waals surface area contributed by atoms with Crippen LogP contribution >= 0.6 is 0 Å². The predicted molar refractivity (Wildman–Crippen MR) is 98.2 cm³/mol. The Morgan fingerprint density at radius 1 is 0.885 bits per heavy atom. The van der Waals surface area contributed by atoms with E-state index in [9.17, 15) is 9.59 Å². The maximum absolute atomic E-state index is 11.9. The summed E-state index contributed by atoms with van der Waals surface area (Å²) in [6.07, 6.45) is 1.30. The van der Waals surface area contributed by atoms with E-state index in [0.717, 1.165) is 17.9 Å². The average Bonchev–Trinajstić information content (AvgIpc) is 2.60. The summed E-state index contributed by atoms with van der Waals surface area (Å²) in [5, 5.41) is 6.24. The number of esters is 2. The number of nitrogens with one attached hydrogen (secondary N) is 2. The fraction of sp³-hybridized carbons (Fsp3) is 0.200. The van der Waals surface area contributed by atoms with Gasteiger partial charge in [-0.15, -0.1) is 0 Å². The largest absolute Gasteiger partial charge is 0.419 e. The highest BCUT2D eigenvalue weighted by molar-refractivity contribution is 6.15. The molecule has 1 aliphatic rings. The zero-order valence-corrected chi connectivity index (χ0v) is 14.6. The summed E-state index contributed by atoms with van der Waals surface area (Å²) in [4.78, 5) is 23.7. The van der Waals surface area contributed by atoms with Gasteiger partial charge in [0.2, 0.25) is 0 Å². The predicted octanol–water partition coefficient (Wildman–Crippen LogP) is 3.43. The number of hydrogen-bond acceptors (Lipinski definition) is 6. The lowest BCUT2D eigenvalue weighted by Gasteiger charge is -2.29. The Kier molecular flexibility index (Phi) is 4.93. The van der Waals surface area contributed by atoms with E-state index in [2.05, 4.69) is 22.8 Å². The molecule has 0 amide bonds. The lowest BCUT2D eigenvalue weighted by atomic mass is 10.2. The molecule has 2 N–H and O–H groups in total. The van der Waals surface area contributed by atoms with Crippen LogP contribution in [0.3, 0.4) is 0 Å². The monoisotopic (exact) mass is 352 g/mol. The van der Waals surface area contributed by atoms with Crippen molar-refractivity contribution >= 4 is 23.3 Å². The third-order valence-electron chi connectivity index (χ3n) is 3.72. The molecule has 26 heavy (non-hydrogen) atoms. The summed E-state index contributed by atoms with van der Waals surface area (Å²) >= 11 is 0. The molecule has 0 spiro atoms. The van der Waals surface area contributed by atoms with E-state index in [1.54, 1.807) is 0 Å². The first-order valence-electron chi connectivity index (χ1n) is 8.24. The topological polar surface area (TPSA) is 76.7 Å². The van der Waals surface area contributed by atoms with Crippen LogP contribution < -0.4 is 10.6 Å². The Balaban J connectivity index is 1.59. The minimum absolute atomic E-state index is 0.171. The van der Waals surface area contributed by atoms with E-state index < -0.39 is 17.7 Å². The highest BCUT2D eigenvalue weighted by atomic mass is 16.7. The summed E-state index contributed by atoms with van der Waals surface area (Å²) in [5.41, 5.74) is 2.71. The molecule has 0 unspecified atom stereocenters. The van der Waals surface area contributed by atoms with Crippen molar-refractivity contribution in [3.63, 3.8) is 0 Å². The molecule has 1 saturated heterocycles. The standard InChI is InChI=1S/C20H20N2O4/c1-20(2)25-18(23)17(19(24)26-20)13-22-16-10-8-15(9-11-16)21-12-14-6-4-3-5-7-14/h3-11,13,21-22H,12H2,1-2H3. The second kappa shape index (κ2) is 7.31. The molecule has 0 saturated carbocycles. The van der Waals surface area contributed by atoms with Gasteiger partial charge in [-0.3, -0.25) is 0 Å². The second-order valence-electron chi connectivity index (χ2n) is 6.30. The Morgan fingerprint density at radius 3 is 2.08 bits per heavy atom. The zero-order chi connectivity index (χ0) is 18.6. The molecule has 1 heterocycles. The van der Waals surface area contributed by atoms with Crippen LogP contribution in [0.5, 0.6) is 0 Å². The molecule has 2 aromatic rings. The molecule has 134 valence electrons. The molecule has 0 atom stereocenters. The Morgan fingerprint density at radius 2 is 1.46 bits per heavy atom. The third kappa shape index (κ3) is 4.42. The Bertz CT molecular complexity index is 805. The summed E-state index contributed by atoms with van der Waals surface area (Å²) < 4.78 is 10.1. The number of anilines is 2. The molecule has 3 rings (SSSR count). The van der Waals surface area contributed by atoms with Crippen LogP contribution in [0.2, 0.25) is 0 Å². The fourth-order valence-electron chi connectivity index (χ4n) is 2.42. The Labute approximate surface area is 151 Å². The number of cyclic esters (lactones) is 2. The number of carbonyl (C=O) groups excluding carboxylic acids is 2. The van der Waals surface area contributed by atoms with Crippen molar-refractivity contribution in [3.8, 4) is 0 Å². The van der Waals surface area contributed by atoms with Crippen molar-refractivity contribution in [2.24, 2.45) is 0 Å². The van der Waals surface area contributed by atoms with Crippen LogP contribution in [-0.4, -0.2) is 17.7 Å². The number of ether oxygens (including phenoxy) is 2. The summed E-state index contributed by atoms with van der Waals surface area (Å²) in [6, 6.07) is 17.6. The quantitative estimate of drug-likeness (QED) is 0.488. The molecule has 0 radical (unpaired) electrons. The Hall–Kier alpha value is -3.28. The first kappa shape index (κ1) is 17.5. The van der Waals surface area contributed by atoms with Gasteiger partial charge < -0.3 is 20.1 Å². The second-order valence-corrected chi connectivity index (χ2v) is 6.30. The zero-order valence-electron chi connectivity index (χ0n) is 14.6. The number of hydrogen-bond donors (Lipinski definition) is 2. The third-order valence-corrected chi connectivity index (χ3v) is 3.72. The maximum Gasteiger partial charge on any atom is 0.350 e. The van der Waals surface area contributed by atoms with Gasteiger partial charge in [-0.1, -0.05) is 30.3 Å². The summed E-state index contributed by atoms with van der Waals surface area (Å²) in [5.74, 6) is -2.66. The van der Waals surface area contributed by atoms with Gasteiger partial charge in [-0.25, -0.2) is 9.59 Å².